The molecular weight excluding hydrogens is 371 g/mol. The summed E-state index contributed by atoms with van der Waals surface area (Å²) in [6.45, 7) is 9.62. The Morgan fingerprint density at radius 2 is 1.61 bits per heavy atom. The highest BCUT2D eigenvalue weighted by atomic mass is 19.4. The molecule has 1 saturated heterocycles. The summed E-state index contributed by atoms with van der Waals surface area (Å²) >= 11 is 0. The van der Waals surface area contributed by atoms with Gasteiger partial charge in [-0.2, -0.15) is 13.2 Å². The molecule has 153 valence electrons. The lowest BCUT2D eigenvalue weighted by molar-refractivity contribution is -0.251. The molecule has 0 bridgehead atoms. The van der Waals surface area contributed by atoms with Gasteiger partial charge in [0.05, 0.1) is 16.7 Å². The molecule has 1 aromatic rings. The molecule has 1 aromatic carbocycles. The Balaban J connectivity index is 1.92. The Hall–Kier alpha value is -1.86. The van der Waals surface area contributed by atoms with E-state index in [1.165, 1.54) is 0 Å². The molecule has 0 spiro atoms. The van der Waals surface area contributed by atoms with Gasteiger partial charge in [0.1, 0.15) is 5.76 Å². The van der Waals surface area contributed by atoms with Crippen LogP contribution in [-0.4, -0.2) is 22.1 Å². The minimum Gasteiger partial charge on any atom is -0.427 e. The summed E-state index contributed by atoms with van der Waals surface area (Å²) in [5.41, 5.74) is -1.60. The van der Waals surface area contributed by atoms with Gasteiger partial charge < -0.3 is 4.74 Å². The summed E-state index contributed by atoms with van der Waals surface area (Å²) in [6.07, 6.45) is -2.84. The molecule has 4 nitrogen and oxygen atoms in total. The van der Waals surface area contributed by atoms with Crippen LogP contribution in [0.2, 0.25) is 0 Å². The molecule has 0 aromatic heterocycles. The topological polar surface area (TPSA) is 49.4 Å². The van der Waals surface area contributed by atoms with E-state index in [2.05, 4.69) is 0 Å². The number of benzene rings is 1. The van der Waals surface area contributed by atoms with Gasteiger partial charge in [0.2, 0.25) is 0 Å². The third kappa shape index (κ3) is 3.57. The van der Waals surface area contributed by atoms with Crippen LogP contribution in [-0.2, 0) is 16.1 Å². The quantitative estimate of drug-likeness (QED) is 0.618. The van der Waals surface area contributed by atoms with Gasteiger partial charge in [-0.05, 0) is 68.9 Å². The Labute approximate surface area is 162 Å². The first kappa shape index (κ1) is 20.9. The van der Waals surface area contributed by atoms with Crippen molar-refractivity contribution < 1.29 is 27.9 Å². The maximum Gasteiger partial charge on any atom is 0.416 e. The first-order chi connectivity index (χ1) is 12.7. The van der Waals surface area contributed by atoms with E-state index in [0.717, 1.165) is 34.9 Å². The fourth-order valence-corrected chi connectivity index (χ4v) is 4.66. The van der Waals surface area contributed by atoms with Crippen molar-refractivity contribution in [3.8, 4) is 0 Å². The standard InChI is InChI=1S/C21H25F3NO3/c1-18(2)11-16(15-10-19(3,4)25(27)20(15,5)12-18)28-17(26)13-6-8-14(9-7-13)21(22,23)24/h6-9H,10-12H2,1-5H3/t20-/m1/s1. The Kier molecular flexibility index (Phi) is 4.71. The molecule has 0 unspecified atom stereocenters. The molecule has 1 heterocycles. The molecule has 1 fully saturated rings. The van der Waals surface area contributed by atoms with Gasteiger partial charge in [-0.3, -0.25) is 0 Å². The number of nitrogens with zero attached hydrogens (tertiary/aromatic N) is 1. The lowest BCUT2D eigenvalue weighted by atomic mass is 9.68. The van der Waals surface area contributed by atoms with Crippen LogP contribution in [0.5, 0.6) is 0 Å². The van der Waals surface area contributed by atoms with Crippen molar-refractivity contribution in [2.75, 3.05) is 0 Å². The van der Waals surface area contributed by atoms with Crippen LogP contribution in [0.1, 0.15) is 69.8 Å². The second-order valence-corrected chi connectivity index (χ2v) is 9.44. The molecule has 0 amide bonds. The zero-order valence-electron chi connectivity index (χ0n) is 16.7. The number of esters is 1. The largest absolute Gasteiger partial charge is 0.427 e. The fourth-order valence-electron chi connectivity index (χ4n) is 4.66. The second-order valence-electron chi connectivity index (χ2n) is 9.44. The van der Waals surface area contributed by atoms with E-state index in [-0.39, 0.29) is 11.0 Å². The minimum absolute atomic E-state index is 0.0439. The molecule has 3 rings (SSSR count). The summed E-state index contributed by atoms with van der Waals surface area (Å²) in [7, 11) is 0. The highest BCUT2D eigenvalue weighted by Gasteiger charge is 2.57. The molecular formula is C21H25F3NO3. The summed E-state index contributed by atoms with van der Waals surface area (Å²) in [6, 6.07) is 3.95. The van der Waals surface area contributed by atoms with Gasteiger partial charge >= 0.3 is 12.1 Å². The van der Waals surface area contributed by atoms with Gasteiger partial charge in [0.25, 0.3) is 0 Å². The SMILES string of the molecule is CC1(C)CC(OC(=O)c2ccc(C(F)(F)F)cc2)=C2CC(C)(C)N([O])[C@]2(C)C1. The average Bonchev–Trinajstić information content (AvgIpc) is 2.73. The van der Waals surface area contributed by atoms with Crippen molar-refractivity contribution in [2.24, 2.45) is 5.41 Å². The number of fused-ring (bicyclic) bond motifs is 1. The normalized spacial score (nSPS) is 26.9. The Morgan fingerprint density at radius 3 is 2.14 bits per heavy atom. The van der Waals surface area contributed by atoms with Crippen molar-refractivity contribution >= 4 is 5.97 Å². The molecule has 0 saturated carbocycles. The third-order valence-corrected chi connectivity index (χ3v) is 5.72. The van der Waals surface area contributed by atoms with E-state index in [4.69, 9.17) is 4.74 Å². The monoisotopic (exact) mass is 396 g/mol. The number of ether oxygens (including phenoxy) is 1. The summed E-state index contributed by atoms with van der Waals surface area (Å²) in [4.78, 5) is 12.6. The summed E-state index contributed by atoms with van der Waals surface area (Å²) < 4.78 is 43.8. The van der Waals surface area contributed by atoms with Gasteiger partial charge in [-0.1, -0.05) is 13.8 Å². The number of allylic oxidation sites excluding steroid dienone is 1. The molecule has 2 aliphatic rings. The Bertz CT molecular complexity index is 824. The van der Waals surface area contributed by atoms with Gasteiger partial charge in [0, 0.05) is 12.0 Å². The van der Waals surface area contributed by atoms with Gasteiger partial charge in [0.15, 0.2) is 0 Å². The summed E-state index contributed by atoms with van der Waals surface area (Å²) in [5.74, 6) is -0.242. The van der Waals surface area contributed by atoms with Crippen molar-refractivity contribution in [1.82, 2.24) is 5.06 Å². The molecule has 1 atom stereocenters. The highest BCUT2D eigenvalue weighted by Crippen LogP contribution is 2.55. The molecule has 28 heavy (non-hydrogen) atoms. The molecule has 1 aliphatic heterocycles. The number of hydrogen-bond donors (Lipinski definition) is 0. The molecule has 1 aliphatic carbocycles. The van der Waals surface area contributed by atoms with E-state index in [1.807, 2.05) is 34.6 Å². The number of rotatable bonds is 2. The predicted octanol–water partition coefficient (Wildman–Crippen LogP) is 5.52. The first-order valence-electron chi connectivity index (χ1n) is 9.25. The Morgan fingerprint density at radius 1 is 1.04 bits per heavy atom. The highest BCUT2D eigenvalue weighted by molar-refractivity contribution is 5.90. The minimum atomic E-state index is -4.46. The number of alkyl halides is 3. The second kappa shape index (κ2) is 6.32. The smallest absolute Gasteiger partial charge is 0.416 e. The van der Waals surface area contributed by atoms with Crippen LogP contribution in [0.3, 0.4) is 0 Å². The van der Waals surface area contributed by atoms with Crippen molar-refractivity contribution in [3.05, 3.63) is 46.7 Å². The van der Waals surface area contributed by atoms with Gasteiger partial charge in [-0.15, -0.1) is 10.3 Å². The van der Waals surface area contributed by atoms with Gasteiger partial charge in [-0.25, -0.2) is 4.79 Å². The predicted molar refractivity (Wildman–Crippen MR) is 96.5 cm³/mol. The van der Waals surface area contributed by atoms with E-state index < -0.39 is 28.8 Å². The molecule has 0 N–H and O–H groups in total. The van der Waals surface area contributed by atoms with Crippen LogP contribution >= 0.6 is 0 Å². The first-order valence-corrected chi connectivity index (χ1v) is 9.25. The van der Waals surface area contributed by atoms with E-state index in [1.54, 1.807) is 0 Å². The van der Waals surface area contributed by atoms with E-state index >= 15 is 0 Å². The zero-order valence-corrected chi connectivity index (χ0v) is 16.7. The fraction of sp³-hybridized carbons (Fsp3) is 0.571. The van der Waals surface area contributed by atoms with Crippen LogP contribution in [0.4, 0.5) is 13.2 Å². The lowest BCUT2D eigenvalue weighted by Crippen LogP contribution is -2.50. The lowest BCUT2D eigenvalue weighted by Gasteiger charge is -2.44. The average molecular weight is 396 g/mol. The van der Waals surface area contributed by atoms with Crippen LogP contribution in [0.15, 0.2) is 35.6 Å². The third-order valence-electron chi connectivity index (χ3n) is 5.72. The number of carbonyl (C=O) groups is 1. The van der Waals surface area contributed by atoms with Crippen LogP contribution in [0.25, 0.3) is 0 Å². The van der Waals surface area contributed by atoms with Crippen LogP contribution in [0, 0.1) is 5.41 Å². The summed E-state index contributed by atoms with van der Waals surface area (Å²) in [5, 5.41) is 14.0. The molecule has 1 radical (unpaired) electrons. The van der Waals surface area contributed by atoms with Crippen molar-refractivity contribution in [3.63, 3.8) is 0 Å². The van der Waals surface area contributed by atoms with Crippen LogP contribution < -0.4 is 0 Å². The van der Waals surface area contributed by atoms with E-state index in [0.29, 0.717) is 25.0 Å². The maximum absolute atomic E-state index is 12.9. The van der Waals surface area contributed by atoms with E-state index in [9.17, 15) is 23.2 Å². The zero-order chi connectivity index (χ0) is 21.1. The number of hydroxylamine groups is 2. The van der Waals surface area contributed by atoms with Crippen molar-refractivity contribution in [1.29, 1.82) is 0 Å². The maximum atomic E-state index is 12.9. The number of carbonyl (C=O) groups excluding carboxylic acids is 1. The number of halogens is 3. The van der Waals surface area contributed by atoms with Crippen molar-refractivity contribution in [2.45, 2.75) is 71.1 Å². The number of hydrogen-bond acceptors (Lipinski definition) is 3. The molecule has 7 heteroatoms.